The average Bonchev–Trinajstić information content (AvgIpc) is 2.68. The van der Waals surface area contributed by atoms with Crippen LogP contribution in [0.15, 0.2) is 54.6 Å². The Morgan fingerprint density at radius 3 is 2.11 bits per heavy atom. The minimum atomic E-state index is -0.482. The van der Waals surface area contributed by atoms with Crippen molar-refractivity contribution >= 4 is 17.8 Å². The van der Waals surface area contributed by atoms with Gasteiger partial charge in [-0.05, 0) is 36.1 Å². The summed E-state index contributed by atoms with van der Waals surface area (Å²) in [5.74, 6) is -0.517. The SMILES string of the molecule is NC(=O)c1ccc(CNC(=O)NC2CC(C(=O)NCc3ccccc3)C2)cc1. The highest BCUT2D eigenvalue weighted by Gasteiger charge is 2.35. The van der Waals surface area contributed by atoms with Gasteiger partial charge < -0.3 is 21.7 Å². The van der Waals surface area contributed by atoms with Gasteiger partial charge in [-0.15, -0.1) is 0 Å². The molecule has 0 unspecified atom stereocenters. The molecular formula is C21H24N4O3. The molecule has 3 rings (SSSR count). The maximum atomic E-state index is 12.1. The summed E-state index contributed by atoms with van der Waals surface area (Å²) in [6, 6.07) is 16.2. The van der Waals surface area contributed by atoms with Crippen LogP contribution in [0, 0.1) is 5.92 Å². The summed E-state index contributed by atoms with van der Waals surface area (Å²) in [5, 5.41) is 8.58. The van der Waals surface area contributed by atoms with E-state index in [2.05, 4.69) is 16.0 Å². The monoisotopic (exact) mass is 380 g/mol. The second-order valence-electron chi connectivity index (χ2n) is 6.96. The largest absolute Gasteiger partial charge is 0.366 e. The molecule has 0 atom stereocenters. The third-order valence-electron chi connectivity index (χ3n) is 4.85. The number of benzene rings is 2. The average molecular weight is 380 g/mol. The lowest BCUT2D eigenvalue weighted by Crippen LogP contribution is -2.51. The van der Waals surface area contributed by atoms with Gasteiger partial charge in [-0.1, -0.05) is 42.5 Å². The molecular weight excluding hydrogens is 356 g/mol. The van der Waals surface area contributed by atoms with E-state index in [0.29, 0.717) is 31.5 Å². The summed E-state index contributed by atoms with van der Waals surface area (Å²) in [4.78, 5) is 35.2. The van der Waals surface area contributed by atoms with Crippen molar-refractivity contribution in [3.8, 4) is 0 Å². The third kappa shape index (κ3) is 5.33. The van der Waals surface area contributed by atoms with E-state index in [9.17, 15) is 14.4 Å². The summed E-state index contributed by atoms with van der Waals surface area (Å²) in [6.45, 7) is 0.863. The molecule has 0 aromatic heterocycles. The lowest BCUT2D eigenvalue weighted by atomic mass is 9.79. The van der Waals surface area contributed by atoms with Crippen LogP contribution in [0.25, 0.3) is 0 Å². The fourth-order valence-corrected chi connectivity index (χ4v) is 3.08. The number of hydrogen-bond acceptors (Lipinski definition) is 3. The number of nitrogens with two attached hydrogens (primary N) is 1. The number of amides is 4. The summed E-state index contributed by atoms with van der Waals surface area (Å²) in [6.07, 6.45) is 1.28. The van der Waals surface area contributed by atoms with E-state index in [1.165, 1.54) is 0 Å². The number of carbonyl (C=O) groups is 3. The smallest absolute Gasteiger partial charge is 0.315 e. The minimum Gasteiger partial charge on any atom is -0.366 e. The molecule has 7 heteroatoms. The standard InChI is InChI=1S/C21H24N4O3/c22-19(26)16-8-6-15(7-9-16)13-24-21(28)25-18-10-17(11-18)20(27)23-12-14-4-2-1-3-5-14/h1-9,17-18H,10-13H2,(H2,22,26)(H,23,27)(H2,24,25,28). The van der Waals surface area contributed by atoms with Crippen LogP contribution in [-0.2, 0) is 17.9 Å². The molecule has 1 aliphatic rings. The van der Waals surface area contributed by atoms with Crippen LogP contribution in [0.3, 0.4) is 0 Å². The second-order valence-corrected chi connectivity index (χ2v) is 6.96. The highest BCUT2D eigenvalue weighted by molar-refractivity contribution is 5.92. The molecule has 1 fully saturated rings. The van der Waals surface area contributed by atoms with E-state index in [1.54, 1.807) is 24.3 Å². The molecule has 4 amide bonds. The molecule has 0 heterocycles. The molecule has 5 N–H and O–H groups in total. The van der Waals surface area contributed by atoms with Crippen LogP contribution in [0.4, 0.5) is 4.79 Å². The van der Waals surface area contributed by atoms with E-state index in [0.717, 1.165) is 11.1 Å². The maximum Gasteiger partial charge on any atom is 0.315 e. The van der Waals surface area contributed by atoms with Crippen LogP contribution in [-0.4, -0.2) is 23.9 Å². The fourth-order valence-electron chi connectivity index (χ4n) is 3.08. The van der Waals surface area contributed by atoms with Gasteiger partial charge in [-0.25, -0.2) is 4.79 Å². The normalized spacial score (nSPS) is 17.9. The minimum absolute atomic E-state index is 0.00436. The van der Waals surface area contributed by atoms with Gasteiger partial charge in [0.25, 0.3) is 0 Å². The van der Waals surface area contributed by atoms with E-state index in [1.807, 2.05) is 30.3 Å². The molecule has 0 bridgehead atoms. The van der Waals surface area contributed by atoms with Gasteiger partial charge in [-0.3, -0.25) is 9.59 Å². The first-order valence-corrected chi connectivity index (χ1v) is 9.26. The van der Waals surface area contributed by atoms with Gasteiger partial charge in [0.2, 0.25) is 11.8 Å². The highest BCUT2D eigenvalue weighted by Crippen LogP contribution is 2.27. The Bertz CT molecular complexity index is 830. The molecule has 28 heavy (non-hydrogen) atoms. The van der Waals surface area contributed by atoms with Crippen molar-refractivity contribution in [2.24, 2.45) is 11.7 Å². The molecule has 0 radical (unpaired) electrons. The van der Waals surface area contributed by atoms with Crippen molar-refractivity contribution < 1.29 is 14.4 Å². The lowest BCUT2D eigenvalue weighted by molar-refractivity contribution is -0.128. The Kier molecular flexibility index (Phi) is 6.26. The van der Waals surface area contributed by atoms with E-state index in [4.69, 9.17) is 5.73 Å². The first-order chi connectivity index (χ1) is 13.5. The molecule has 0 spiro atoms. The molecule has 0 saturated heterocycles. The third-order valence-corrected chi connectivity index (χ3v) is 4.85. The van der Waals surface area contributed by atoms with E-state index >= 15 is 0 Å². The van der Waals surface area contributed by atoms with Crippen molar-refractivity contribution in [3.63, 3.8) is 0 Å². The quantitative estimate of drug-likeness (QED) is 0.586. The molecule has 2 aromatic carbocycles. The van der Waals surface area contributed by atoms with Gasteiger partial charge in [0.1, 0.15) is 0 Å². The fraction of sp³-hybridized carbons (Fsp3) is 0.286. The van der Waals surface area contributed by atoms with Crippen LogP contribution < -0.4 is 21.7 Å². The van der Waals surface area contributed by atoms with Crippen molar-refractivity contribution in [2.45, 2.75) is 32.0 Å². The summed E-state index contributed by atoms with van der Waals surface area (Å²) in [5.41, 5.74) is 7.56. The molecule has 1 aliphatic carbocycles. The predicted octanol–water partition coefficient (Wildman–Crippen LogP) is 1.68. The van der Waals surface area contributed by atoms with Crippen LogP contribution in [0.5, 0.6) is 0 Å². The van der Waals surface area contributed by atoms with Gasteiger partial charge in [0.15, 0.2) is 0 Å². The highest BCUT2D eigenvalue weighted by atomic mass is 16.2. The predicted molar refractivity (Wildman–Crippen MR) is 105 cm³/mol. The zero-order valence-corrected chi connectivity index (χ0v) is 15.5. The van der Waals surface area contributed by atoms with E-state index in [-0.39, 0.29) is 23.9 Å². The summed E-state index contributed by atoms with van der Waals surface area (Å²) in [7, 11) is 0. The Labute approximate surface area is 163 Å². The maximum absolute atomic E-state index is 12.1. The number of rotatable bonds is 7. The lowest BCUT2D eigenvalue weighted by Gasteiger charge is -2.34. The molecule has 0 aliphatic heterocycles. The zero-order valence-electron chi connectivity index (χ0n) is 15.5. The van der Waals surface area contributed by atoms with E-state index < -0.39 is 5.91 Å². The van der Waals surface area contributed by atoms with Gasteiger partial charge in [-0.2, -0.15) is 0 Å². The van der Waals surface area contributed by atoms with Crippen LogP contribution >= 0.6 is 0 Å². The summed E-state index contributed by atoms with van der Waals surface area (Å²) < 4.78 is 0. The van der Waals surface area contributed by atoms with Crippen molar-refractivity contribution in [1.82, 2.24) is 16.0 Å². The second kappa shape index (κ2) is 9.03. The Balaban J connectivity index is 1.33. The topological polar surface area (TPSA) is 113 Å². The number of hydrogen-bond donors (Lipinski definition) is 4. The summed E-state index contributed by atoms with van der Waals surface area (Å²) >= 11 is 0. The van der Waals surface area contributed by atoms with Crippen molar-refractivity contribution in [2.75, 3.05) is 0 Å². The van der Waals surface area contributed by atoms with Gasteiger partial charge >= 0.3 is 6.03 Å². The Morgan fingerprint density at radius 2 is 1.46 bits per heavy atom. The van der Waals surface area contributed by atoms with Gasteiger partial charge in [0, 0.05) is 30.6 Å². The first kappa shape index (κ1) is 19.4. The van der Waals surface area contributed by atoms with Crippen molar-refractivity contribution in [3.05, 3.63) is 71.3 Å². The number of urea groups is 1. The molecule has 2 aromatic rings. The number of carbonyl (C=O) groups excluding carboxylic acids is 3. The number of nitrogens with one attached hydrogen (secondary N) is 3. The molecule has 7 nitrogen and oxygen atoms in total. The van der Waals surface area contributed by atoms with Crippen LogP contribution in [0.1, 0.15) is 34.3 Å². The van der Waals surface area contributed by atoms with Crippen LogP contribution in [0.2, 0.25) is 0 Å². The van der Waals surface area contributed by atoms with Crippen molar-refractivity contribution in [1.29, 1.82) is 0 Å². The Hall–Kier alpha value is -3.35. The Morgan fingerprint density at radius 1 is 0.857 bits per heavy atom. The van der Waals surface area contributed by atoms with Gasteiger partial charge in [0.05, 0.1) is 0 Å². The number of primary amides is 1. The zero-order chi connectivity index (χ0) is 19.9. The molecule has 1 saturated carbocycles. The first-order valence-electron chi connectivity index (χ1n) is 9.26. The molecule has 146 valence electrons.